The van der Waals surface area contributed by atoms with Gasteiger partial charge in [0.2, 0.25) is 5.91 Å². The van der Waals surface area contributed by atoms with Crippen molar-refractivity contribution in [3.8, 4) is 5.75 Å². The Labute approximate surface area is 204 Å². The van der Waals surface area contributed by atoms with Gasteiger partial charge in [0.25, 0.3) is 10.0 Å². The van der Waals surface area contributed by atoms with Crippen LogP contribution in [0.5, 0.6) is 5.75 Å². The summed E-state index contributed by atoms with van der Waals surface area (Å²) in [7, 11) is -4.41. The third-order valence-corrected chi connectivity index (χ3v) is 6.71. The highest BCUT2D eigenvalue weighted by Gasteiger charge is 2.35. The van der Waals surface area contributed by atoms with Crippen LogP contribution in [0, 0.1) is 5.82 Å². The second kappa shape index (κ2) is 10.5. The Morgan fingerprint density at radius 1 is 1.03 bits per heavy atom. The van der Waals surface area contributed by atoms with Crippen LogP contribution < -0.4 is 14.4 Å². The van der Waals surface area contributed by atoms with Gasteiger partial charge in [-0.15, -0.1) is 0 Å². The zero-order valence-electron chi connectivity index (χ0n) is 18.1. The number of anilines is 2. The SMILES string of the molecule is CCOc1ccc(N(CC(=O)Nc2ccc(Cl)cc2C(F)(F)F)S(=O)(=O)c2ccc(F)cc2)cc1. The summed E-state index contributed by atoms with van der Waals surface area (Å²) in [5.41, 5.74) is -1.73. The maximum atomic E-state index is 13.4. The van der Waals surface area contributed by atoms with E-state index in [1.807, 2.05) is 0 Å². The van der Waals surface area contributed by atoms with Gasteiger partial charge in [-0.2, -0.15) is 13.2 Å². The fourth-order valence-corrected chi connectivity index (χ4v) is 4.70. The van der Waals surface area contributed by atoms with Crippen molar-refractivity contribution in [2.24, 2.45) is 0 Å². The van der Waals surface area contributed by atoms with Gasteiger partial charge in [-0.25, -0.2) is 12.8 Å². The molecule has 6 nitrogen and oxygen atoms in total. The van der Waals surface area contributed by atoms with Crippen LogP contribution in [-0.4, -0.2) is 27.5 Å². The van der Waals surface area contributed by atoms with E-state index in [0.717, 1.165) is 36.4 Å². The van der Waals surface area contributed by atoms with Crippen LogP contribution in [0.3, 0.4) is 0 Å². The van der Waals surface area contributed by atoms with E-state index in [-0.39, 0.29) is 15.6 Å². The normalized spacial score (nSPS) is 11.7. The number of sulfonamides is 1. The largest absolute Gasteiger partial charge is 0.494 e. The number of carbonyl (C=O) groups is 1. The fraction of sp³-hybridized carbons (Fsp3) is 0.174. The van der Waals surface area contributed by atoms with Crippen molar-refractivity contribution in [3.63, 3.8) is 0 Å². The Morgan fingerprint density at radius 3 is 2.23 bits per heavy atom. The maximum Gasteiger partial charge on any atom is 0.418 e. The number of nitrogens with one attached hydrogen (secondary N) is 1. The van der Waals surface area contributed by atoms with Crippen LogP contribution in [0.2, 0.25) is 5.02 Å². The van der Waals surface area contributed by atoms with E-state index < -0.39 is 45.7 Å². The summed E-state index contributed by atoms with van der Waals surface area (Å²) in [6.45, 7) is 1.26. The van der Waals surface area contributed by atoms with Gasteiger partial charge in [0.05, 0.1) is 28.4 Å². The van der Waals surface area contributed by atoms with E-state index >= 15 is 0 Å². The highest BCUT2D eigenvalue weighted by molar-refractivity contribution is 7.92. The first-order valence-corrected chi connectivity index (χ1v) is 11.9. The van der Waals surface area contributed by atoms with Gasteiger partial charge in [0, 0.05) is 5.02 Å². The molecule has 3 aromatic carbocycles. The second-order valence-electron chi connectivity index (χ2n) is 7.13. The van der Waals surface area contributed by atoms with E-state index in [1.54, 1.807) is 6.92 Å². The number of rotatable bonds is 8. The molecule has 0 radical (unpaired) electrons. The number of hydrogen-bond acceptors (Lipinski definition) is 4. The molecular weight excluding hydrogens is 512 g/mol. The van der Waals surface area contributed by atoms with Gasteiger partial charge in [0.1, 0.15) is 18.1 Å². The quantitative estimate of drug-likeness (QED) is 0.377. The summed E-state index contributed by atoms with van der Waals surface area (Å²) < 4.78 is 86.2. The van der Waals surface area contributed by atoms with Crippen LogP contribution >= 0.6 is 11.6 Å². The molecule has 0 aromatic heterocycles. The lowest BCUT2D eigenvalue weighted by atomic mass is 10.1. The van der Waals surface area contributed by atoms with Crippen LogP contribution in [0.1, 0.15) is 12.5 Å². The van der Waals surface area contributed by atoms with Gasteiger partial charge in [-0.1, -0.05) is 11.6 Å². The topological polar surface area (TPSA) is 75.7 Å². The molecular formula is C23H19ClF4N2O4S. The van der Waals surface area contributed by atoms with E-state index in [4.69, 9.17) is 16.3 Å². The number of nitrogens with zero attached hydrogens (tertiary/aromatic N) is 1. The number of amides is 1. The maximum absolute atomic E-state index is 13.4. The Hall–Kier alpha value is -3.31. The first kappa shape index (κ1) is 26.3. The second-order valence-corrected chi connectivity index (χ2v) is 9.43. The van der Waals surface area contributed by atoms with Gasteiger partial charge in [-0.05, 0) is 73.7 Å². The third-order valence-electron chi connectivity index (χ3n) is 4.69. The molecule has 3 aromatic rings. The lowest BCUT2D eigenvalue weighted by molar-refractivity contribution is -0.137. The molecule has 0 aliphatic rings. The molecule has 0 aliphatic heterocycles. The average molecular weight is 531 g/mol. The minimum atomic E-state index is -4.82. The minimum absolute atomic E-state index is 0.0417. The lowest BCUT2D eigenvalue weighted by Crippen LogP contribution is -2.38. The molecule has 0 spiro atoms. The molecule has 12 heteroatoms. The zero-order chi connectivity index (χ0) is 25.8. The minimum Gasteiger partial charge on any atom is -0.494 e. The molecule has 1 N–H and O–H groups in total. The highest BCUT2D eigenvalue weighted by Crippen LogP contribution is 2.36. The van der Waals surface area contributed by atoms with Gasteiger partial charge < -0.3 is 10.1 Å². The molecule has 0 unspecified atom stereocenters. The number of carbonyl (C=O) groups excluding carboxylic acids is 1. The molecule has 0 saturated carbocycles. The van der Waals surface area contributed by atoms with E-state index in [1.165, 1.54) is 24.3 Å². The molecule has 35 heavy (non-hydrogen) atoms. The van der Waals surface area contributed by atoms with Gasteiger partial charge >= 0.3 is 6.18 Å². The number of halogens is 5. The van der Waals surface area contributed by atoms with Crippen molar-refractivity contribution in [3.05, 3.63) is 83.1 Å². The summed E-state index contributed by atoms with van der Waals surface area (Å²) in [6.07, 6.45) is -4.82. The van der Waals surface area contributed by atoms with Crippen molar-refractivity contribution >= 4 is 38.9 Å². The fourth-order valence-electron chi connectivity index (χ4n) is 3.10. The summed E-state index contributed by atoms with van der Waals surface area (Å²) in [5.74, 6) is -1.27. The molecule has 0 heterocycles. The smallest absolute Gasteiger partial charge is 0.418 e. The number of hydrogen-bond donors (Lipinski definition) is 1. The zero-order valence-corrected chi connectivity index (χ0v) is 19.7. The first-order chi connectivity index (χ1) is 16.4. The Bertz CT molecular complexity index is 1300. The van der Waals surface area contributed by atoms with Crippen LogP contribution in [0.4, 0.5) is 28.9 Å². The summed E-state index contributed by atoms with van der Waals surface area (Å²) in [4.78, 5) is 12.4. The first-order valence-electron chi connectivity index (χ1n) is 10.1. The molecule has 3 rings (SSSR count). The predicted molar refractivity (Wildman–Crippen MR) is 124 cm³/mol. The van der Waals surface area contributed by atoms with Crippen molar-refractivity contribution in [2.75, 3.05) is 22.8 Å². The van der Waals surface area contributed by atoms with Gasteiger partial charge in [-0.3, -0.25) is 9.10 Å². The predicted octanol–water partition coefficient (Wildman–Crippen LogP) is 5.73. The molecule has 1 amide bonds. The molecule has 0 saturated heterocycles. The van der Waals surface area contributed by atoms with E-state index in [9.17, 15) is 30.8 Å². The highest BCUT2D eigenvalue weighted by atomic mass is 35.5. The Morgan fingerprint density at radius 2 is 1.66 bits per heavy atom. The van der Waals surface area contributed by atoms with Crippen molar-refractivity contribution in [2.45, 2.75) is 18.0 Å². The number of ether oxygens (including phenoxy) is 1. The van der Waals surface area contributed by atoms with Crippen molar-refractivity contribution < 1.29 is 35.5 Å². The standard InChI is InChI=1S/C23H19ClF4N2O4S/c1-2-34-18-8-6-17(7-9-18)30(35(32,33)19-10-4-16(25)5-11-19)14-22(31)29-21-12-3-15(24)13-20(21)23(26,27)28/h3-13H,2,14H2,1H3,(H,29,31). The monoisotopic (exact) mass is 530 g/mol. The Balaban J connectivity index is 1.97. The van der Waals surface area contributed by atoms with E-state index in [2.05, 4.69) is 5.32 Å². The third kappa shape index (κ3) is 6.43. The molecule has 186 valence electrons. The van der Waals surface area contributed by atoms with Crippen LogP contribution in [0.15, 0.2) is 71.6 Å². The van der Waals surface area contributed by atoms with Gasteiger partial charge in [0.15, 0.2) is 0 Å². The molecule has 0 bridgehead atoms. The molecule has 0 atom stereocenters. The van der Waals surface area contributed by atoms with Crippen molar-refractivity contribution in [1.82, 2.24) is 0 Å². The summed E-state index contributed by atoms with van der Waals surface area (Å²) in [5, 5.41) is 1.91. The van der Waals surface area contributed by atoms with Crippen molar-refractivity contribution in [1.29, 1.82) is 0 Å². The average Bonchev–Trinajstić information content (AvgIpc) is 2.79. The number of benzene rings is 3. The molecule has 0 aliphatic carbocycles. The summed E-state index contributed by atoms with van der Waals surface area (Å²) >= 11 is 5.66. The van der Waals surface area contributed by atoms with E-state index in [0.29, 0.717) is 22.7 Å². The lowest BCUT2D eigenvalue weighted by Gasteiger charge is -2.24. The number of alkyl halides is 3. The molecule has 0 fully saturated rings. The summed E-state index contributed by atoms with van der Waals surface area (Å²) in [6, 6.07) is 12.4. The van der Waals surface area contributed by atoms with Crippen LogP contribution in [0.25, 0.3) is 0 Å². The van der Waals surface area contributed by atoms with Crippen LogP contribution in [-0.2, 0) is 21.0 Å². The Kier molecular flexibility index (Phi) is 7.91.